The monoisotopic (exact) mass is 253 g/mol. The second-order valence-electron chi connectivity index (χ2n) is 3.50. The summed E-state index contributed by atoms with van der Waals surface area (Å²) in [5.41, 5.74) is 5.76. The molecule has 0 spiro atoms. The summed E-state index contributed by atoms with van der Waals surface area (Å²) in [4.78, 5) is 22.5. The second kappa shape index (κ2) is 5.95. The number of rotatable bonds is 4. The maximum Gasteiger partial charge on any atom is 0.798 e. The van der Waals surface area contributed by atoms with Crippen LogP contribution in [0.4, 0.5) is 8.63 Å². The number of ketones is 1. The first kappa shape index (κ1) is 13.9. The predicted octanol–water partition coefficient (Wildman–Crippen LogP) is 1.49. The largest absolute Gasteiger partial charge is 0.798 e. The molecular weight excluding hydrogens is 243 g/mol. The van der Waals surface area contributed by atoms with Gasteiger partial charge in [0.15, 0.2) is 5.78 Å². The molecule has 4 nitrogen and oxygen atoms in total. The number of halogens is 2. The number of aryl methyl sites for hydroxylation is 1. The van der Waals surface area contributed by atoms with E-state index in [1.165, 1.54) is 0 Å². The Kier molecular flexibility index (Phi) is 4.59. The summed E-state index contributed by atoms with van der Waals surface area (Å²) in [6.45, 7) is 1.85. The Morgan fingerprint density at radius 1 is 1.28 bits per heavy atom. The summed E-state index contributed by atoms with van der Waals surface area (Å²) in [6.07, 6.45) is 0.759. The molecule has 0 aliphatic rings. The Labute approximate surface area is 103 Å². The van der Waals surface area contributed by atoms with Crippen molar-refractivity contribution < 1.29 is 22.9 Å². The first-order valence-electron chi connectivity index (χ1n) is 4.97. The van der Waals surface area contributed by atoms with E-state index in [-0.39, 0.29) is 0 Å². The average molecular weight is 253 g/mol. The minimum Gasteiger partial charge on any atom is -0.473 e. The van der Waals surface area contributed by atoms with Crippen LogP contribution in [0.25, 0.3) is 0 Å². The highest BCUT2D eigenvalue weighted by atomic mass is 19.2. The van der Waals surface area contributed by atoms with Crippen LogP contribution in [-0.4, -0.2) is 19.2 Å². The van der Waals surface area contributed by atoms with E-state index in [1.807, 2.05) is 6.92 Å². The van der Waals surface area contributed by atoms with Crippen molar-refractivity contribution in [2.24, 2.45) is 5.73 Å². The molecule has 0 aromatic heterocycles. The molecule has 18 heavy (non-hydrogen) atoms. The van der Waals surface area contributed by atoms with E-state index in [0.29, 0.717) is 5.56 Å². The van der Waals surface area contributed by atoms with Crippen LogP contribution < -0.4 is 5.73 Å². The van der Waals surface area contributed by atoms with Crippen LogP contribution in [-0.2, 0) is 9.45 Å². The molecule has 1 rings (SSSR count). The zero-order chi connectivity index (χ0) is 13.7. The fourth-order valence-electron chi connectivity index (χ4n) is 1.15. The fraction of sp³-hybridized carbons (Fsp3) is 0.0909. The van der Waals surface area contributed by atoms with Crippen molar-refractivity contribution in [3.8, 4) is 0 Å². The Balaban J connectivity index is 2.79. The summed E-state index contributed by atoms with van der Waals surface area (Å²) in [5.74, 6) is -1.98. The molecule has 0 unspecified atom stereocenters. The molecular formula is C11H10BF2NO3. The maximum atomic E-state index is 11.7. The zero-order valence-corrected chi connectivity index (χ0v) is 9.52. The highest BCUT2D eigenvalue weighted by Crippen LogP contribution is 2.06. The number of allylic oxidation sites excluding steroid dienone is 1. The summed E-state index contributed by atoms with van der Waals surface area (Å²) in [6, 6.07) is 6.49. The van der Waals surface area contributed by atoms with Crippen molar-refractivity contribution in [3.63, 3.8) is 0 Å². The molecule has 0 aliphatic heterocycles. The minimum atomic E-state index is -3.26. The lowest BCUT2D eigenvalue weighted by Gasteiger charge is -2.01. The molecule has 1 aromatic rings. The molecule has 0 aliphatic carbocycles. The topological polar surface area (TPSA) is 69.4 Å². The van der Waals surface area contributed by atoms with Crippen molar-refractivity contribution in [1.82, 2.24) is 0 Å². The van der Waals surface area contributed by atoms with Gasteiger partial charge < -0.3 is 10.4 Å². The molecule has 0 amide bonds. The molecule has 0 saturated heterocycles. The number of hydrogen-bond donors (Lipinski definition) is 1. The van der Waals surface area contributed by atoms with Crippen molar-refractivity contribution in [2.45, 2.75) is 6.92 Å². The van der Waals surface area contributed by atoms with Gasteiger partial charge >= 0.3 is 13.4 Å². The lowest BCUT2D eigenvalue weighted by Crippen LogP contribution is -2.21. The zero-order valence-electron chi connectivity index (χ0n) is 9.52. The molecule has 0 heterocycles. The number of nitrogens with two attached hydrogens (primary N) is 1. The summed E-state index contributed by atoms with van der Waals surface area (Å²) >= 11 is 0. The maximum absolute atomic E-state index is 11.7. The van der Waals surface area contributed by atoms with E-state index in [0.717, 1.165) is 11.6 Å². The average Bonchev–Trinajstić information content (AvgIpc) is 2.28. The van der Waals surface area contributed by atoms with E-state index in [1.54, 1.807) is 24.3 Å². The van der Waals surface area contributed by atoms with Gasteiger partial charge in [-0.3, -0.25) is 4.79 Å². The number of hydrogen-bond acceptors (Lipinski definition) is 4. The SMILES string of the molecule is Cc1ccc(C(=O)C=C(N)C(=O)OB(F)F)cc1. The lowest BCUT2D eigenvalue weighted by molar-refractivity contribution is -0.131. The van der Waals surface area contributed by atoms with Crippen LogP contribution in [0.3, 0.4) is 0 Å². The van der Waals surface area contributed by atoms with E-state index < -0.39 is 24.9 Å². The fourth-order valence-corrected chi connectivity index (χ4v) is 1.15. The third-order valence-electron chi connectivity index (χ3n) is 2.05. The highest BCUT2D eigenvalue weighted by Gasteiger charge is 2.23. The van der Waals surface area contributed by atoms with Crippen LogP contribution in [0.1, 0.15) is 15.9 Å². The van der Waals surface area contributed by atoms with Gasteiger partial charge in [-0.15, -0.1) is 0 Å². The smallest absolute Gasteiger partial charge is 0.473 e. The standard InChI is InChI=1S/C11H10BF2NO3/c1-7-2-4-8(5-3-7)10(16)6-9(15)11(17)18-12(13)14/h2-6H,15H2,1H3. The molecule has 0 radical (unpaired) electrons. The van der Waals surface area contributed by atoms with E-state index in [9.17, 15) is 18.2 Å². The van der Waals surface area contributed by atoms with Crippen LogP contribution in [0.2, 0.25) is 0 Å². The Morgan fingerprint density at radius 2 is 1.83 bits per heavy atom. The van der Waals surface area contributed by atoms with E-state index >= 15 is 0 Å². The quantitative estimate of drug-likeness (QED) is 0.501. The van der Waals surface area contributed by atoms with Crippen molar-refractivity contribution in [1.29, 1.82) is 0 Å². The van der Waals surface area contributed by atoms with E-state index in [2.05, 4.69) is 4.65 Å². The van der Waals surface area contributed by atoms with Crippen LogP contribution in [0.15, 0.2) is 36.0 Å². The molecule has 0 atom stereocenters. The molecule has 0 fully saturated rings. The molecule has 0 saturated carbocycles. The van der Waals surface area contributed by atoms with Gasteiger partial charge in [0.25, 0.3) is 0 Å². The van der Waals surface area contributed by atoms with Gasteiger partial charge in [-0.2, -0.15) is 0 Å². The highest BCUT2D eigenvalue weighted by molar-refractivity contribution is 6.38. The Bertz CT molecular complexity index is 486. The molecule has 0 bridgehead atoms. The third-order valence-corrected chi connectivity index (χ3v) is 2.05. The number of benzene rings is 1. The molecule has 2 N–H and O–H groups in total. The first-order valence-corrected chi connectivity index (χ1v) is 4.97. The normalized spacial score (nSPS) is 10.9. The van der Waals surface area contributed by atoms with Gasteiger partial charge in [-0.1, -0.05) is 29.8 Å². The van der Waals surface area contributed by atoms with Crippen molar-refractivity contribution in [3.05, 3.63) is 47.2 Å². The van der Waals surface area contributed by atoms with Gasteiger partial charge in [0.2, 0.25) is 0 Å². The van der Waals surface area contributed by atoms with Crippen molar-refractivity contribution in [2.75, 3.05) is 0 Å². The van der Waals surface area contributed by atoms with Crippen molar-refractivity contribution >= 4 is 19.2 Å². The minimum absolute atomic E-state index is 0.299. The summed E-state index contributed by atoms with van der Waals surface area (Å²) in [5, 5.41) is 0. The summed E-state index contributed by atoms with van der Waals surface area (Å²) < 4.78 is 27.0. The number of carbonyl (C=O) groups is 2. The van der Waals surface area contributed by atoms with Gasteiger partial charge in [0, 0.05) is 11.6 Å². The van der Waals surface area contributed by atoms with Gasteiger partial charge in [0.05, 0.1) is 0 Å². The van der Waals surface area contributed by atoms with Gasteiger partial charge in [-0.25, -0.2) is 13.4 Å². The predicted molar refractivity (Wildman–Crippen MR) is 61.8 cm³/mol. The lowest BCUT2D eigenvalue weighted by atomic mass is 10.1. The Morgan fingerprint density at radius 3 is 2.33 bits per heavy atom. The Hall–Kier alpha value is -2.18. The number of carbonyl (C=O) groups excluding carboxylic acids is 2. The van der Waals surface area contributed by atoms with Crippen LogP contribution in [0, 0.1) is 6.92 Å². The van der Waals surface area contributed by atoms with E-state index in [4.69, 9.17) is 5.73 Å². The summed E-state index contributed by atoms with van der Waals surface area (Å²) in [7, 11) is -3.26. The molecule has 1 aromatic carbocycles. The molecule has 7 heteroatoms. The van der Waals surface area contributed by atoms with Crippen LogP contribution in [0.5, 0.6) is 0 Å². The molecule has 94 valence electrons. The first-order chi connectivity index (χ1) is 8.40. The van der Waals surface area contributed by atoms with Crippen LogP contribution >= 0.6 is 0 Å². The third kappa shape index (κ3) is 4.01. The van der Waals surface area contributed by atoms with Gasteiger partial charge in [-0.05, 0) is 6.92 Å². The van der Waals surface area contributed by atoms with Gasteiger partial charge in [0.1, 0.15) is 5.70 Å². The second-order valence-corrected chi connectivity index (χ2v) is 3.50.